The lowest BCUT2D eigenvalue weighted by Crippen LogP contribution is -2.34. The predicted molar refractivity (Wildman–Crippen MR) is 114 cm³/mol. The van der Waals surface area contributed by atoms with E-state index in [1.165, 1.54) is 30.5 Å². The molecule has 0 heterocycles. The van der Waals surface area contributed by atoms with Gasteiger partial charge in [0, 0.05) is 12.1 Å². The topological polar surface area (TPSA) is 78.4 Å². The summed E-state index contributed by atoms with van der Waals surface area (Å²) in [4.78, 5) is 25.1. The average molecular weight is 392 g/mol. The number of amides is 2. The lowest BCUT2D eigenvalue weighted by atomic mass is 9.97. The van der Waals surface area contributed by atoms with Gasteiger partial charge in [-0.05, 0) is 61.9 Å². The van der Waals surface area contributed by atoms with Gasteiger partial charge < -0.3 is 15.7 Å². The first-order valence-electron chi connectivity index (χ1n) is 10.2. The van der Waals surface area contributed by atoms with E-state index in [1.54, 1.807) is 12.1 Å². The van der Waals surface area contributed by atoms with Gasteiger partial charge in [0.2, 0.25) is 5.91 Å². The fourth-order valence-electron chi connectivity index (χ4n) is 3.54. The van der Waals surface area contributed by atoms with Gasteiger partial charge in [-0.3, -0.25) is 9.59 Å². The van der Waals surface area contributed by atoms with Crippen molar-refractivity contribution in [3.8, 4) is 5.75 Å². The number of hydrogen-bond acceptors (Lipinski definition) is 3. The second-order valence-corrected chi connectivity index (χ2v) is 7.40. The van der Waals surface area contributed by atoms with Crippen molar-refractivity contribution in [2.45, 2.75) is 44.6 Å². The van der Waals surface area contributed by atoms with Crippen LogP contribution in [-0.4, -0.2) is 23.5 Å². The van der Waals surface area contributed by atoms with Crippen LogP contribution in [0.2, 0.25) is 0 Å². The summed E-state index contributed by atoms with van der Waals surface area (Å²) in [6.07, 6.45) is 8.12. The first-order valence-corrected chi connectivity index (χ1v) is 10.2. The van der Waals surface area contributed by atoms with E-state index in [-0.39, 0.29) is 24.0 Å². The molecule has 0 aliphatic heterocycles. The molecule has 3 N–H and O–H groups in total. The zero-order valence-electron chi connectivity index (χ0n) is 16.6. The zero-order valence-corrected chi connectivity index (χ0v) is 16.6. The second kappa shape index (κ2) is 10.5. The number of phenols is 1. The zero-order chi connectivity index (χ0) is 20.5. The van der Waals surface area contributed by atoms with Crippen LogP contribution >= 0.6 is 0 Å². The van der Waals surface area contributed by atoms with E-state index in [0.717, 1.165) is 24.8 Å². The van der Waals surface area contributed by atoms with Crippen molar-refractivity contribution >= 4 is 11.8 Å². The molecule has 0 radical (unpaired) electrons. The largest absolute Gasteiger partial charge is 0.508 e. The summed E-state index contributed by atoms with van der Waals surface area (Å²) in [6.45, 7) is 0.623. The normalized spacial score (nSPS) is 14.6. The molecule has 1 aliphatic carbocycles. The molecule has 29 heavy (non-hydrogen) atoms. The number of benzene rings is 2. The Morgan fingerprint density at radius 2 is 1.76 bits per heavy atom. The van der Waals surface area contributed by atoms with Gasteiger partial charge in [-0.25, -0.2) is 0 Å². The molecule has 3 rings (SSSR count). The highest BCUT2D eigenvalue weighted by Crippen LogP contribution is 2.20. The number of rotatable bonds is 8. The minimum Gasteiger partial charge on any atom is -0.508 e. The van der Waals surface area contributed by atoms with E-state index in [1.807, 2.05) is 30.3 Å². The lowest BCUT2D eigenvalue weighted by Gasteiger charge is -2.19. The third-order valence-electron chi connectivity index (χ3n) is 5.18. The van der Waals surface area contributed by atoms with Gasteiger partial charge in [0.25, 0.3) is 5.91 Å². The number of carbonyl (C=O) groups is 2. The molecule has 0 saturated carbocycles. The van der Waals surface area contributed by atoms with Gasteiger partial charge in [-0.1, -0.05) is 42.0 Å². The smallest absolute Gasteiger partial charge is 0.251 e. The Labute approximate surface area is 171 Å². The molecule has 2 aromatic carbocycles. The van der Waals surface area contributed by atoms with Crippen molar-refractivity contribution in [3.63, 3.8) is 0 Å². The van der Waals surface area contributed by atoms with Gasteiger partial charge in [0.05, 0.1) is 12.5 Å². The number of aromatic hydroxyl groups is 1. The molecule has 0 bridgehead atoms. The minimum absolute atomic E-state index is 0.0822. The fourth-order valence-corrected chi connectivity index (χ4v) is 3.54. The molecule has 0 fully saturated rings. The van der Waals surface area contributed by atoms with Crippen LogP contribution in [0.25, 0.3) is 0 Å². The van der Waals surface area contributed by atoms with Crippen molar-refractivity contribution in [1.82, 2.24) is 10.6 Å². The number of carbonyl (C=O) groups excluding carboxylic acids is 2. The van der Waals surface area contributed by atoms with Crippen LogP contribution in [0.3, 0.4) is 0 Å². The highest BCUT2D eigenvalue weighted by Gasteiger charge is 2.19. The summed E-state index contributed by atoms with van der Waals surface area (Å²) in [5, 5.41) is 15.3. The standard InChI is InChI=1S/C24H28N2O3/c27-21-13-11-20(12-14-21)24(29)26-22(19-9-5-2-6-10-19)17-23(28)25-16-15-18-7-3-1-4-8-18/h2,5-7,9-14,22,27H,1,3-4,8,15-17H2,(H,25,28)(H,26,29). The summed E-state index contributed by atoms with van der Waals surface area (Å²) in [6, 6.07) is 15.1. The Bertz CT molecular complexity index is 844. The van der Waals surface area contributed by atoms with E-state index >= 15 is 0 Å². The SMILES string of the molecule is O=C(CC(NC(=O)c1ccc(O)cc1)c1ccccc1)NCCC1=CCCCC1. The molecule has 5 nitrogen and oxygen atoms in total. The Morgan fingerprint density at radius 3 is 2.45 bits per heavy atom. The predicted octanol–water partition coefficient (Wildman–Crippen LogP) is 4.26. The molecule has 0 saturated heterocycles. The van der Waals surface area contributed by atoms with Crippen LogP contribution in [0, 0.1) is 0 Å². The second-order valence-electron chi connectivity index (χ2n) is 7.40. The monoisotopic (exact) mass is 392 g/mol. The summed E-state index contributed by atoms with van der Waals surface area (Å²) >= 11 is 0. The molecule has 2 aromatic rings. The van der Waals surface area contributed by atoms with Crippen LogP contribution in [0.4, 0.5) is 0 Å². The Hall–Kier alpha value is -3.08. The van der Waals surface area contributed by atoms with E-state index in [9.17, 15) is 14.7 Å². The molecular formula is C24H28N2O3. The third-order valence-corrected chi connectivity index (χ3v) is 5.18. The molecule has 2 amide bonds. The van der Waals surface area contributed by atoms with Crippen LogP contribution in [0.5, 0.6) is 5.75 Å². The van der Waals surface area contributed by atoms with Crippen molar-refractivity contribution in [1.29, 1.82) is 0 Å². The molecule has 5 heteroatoms. The van der Waals surface area contributed by atoms with Crippen molar-refractivity contribution in [2.24, 2.45) is 0 Å². The Balaban J connectivity index is 1.59. The summed E-state index contributed by atoms with van der Waals surface area (Å²) in [5.41, 5.74) is 2.75. The summed E-state index contributed by atoms with van der Waals surface area (Å²) < 4.78 is 0. The molecule has 152 valence electrons. The molecule has 0 aromatic heterocycles. The van der Waals surface area contributed by atoms with Crippen molar-refractivity contribution < 1.29 is 14.7 Å². The van der Waals surface area contributed by atoms with Gasteiger partial charge >= 0.3 is 0 Å². The highest BCUT2D eigenvalue weighted by atomic mass is 16.3. The lowest BCUT2D eigenvalue weighted by molar-refractivity contribution is -0.121. The van der Waals surface area contributed by atoms with Gasteiger partial charge in [0.15, 0.2) is 0 Å². The van der Waals surface area contributed by atoms with Crippen LogP contribution in [-0.2, 0) is 4.79 Å². The van der Waals surface area contributed by atoms with Crippen LogP contribution in [0.1, 0.15) is 60.5 Å². The first-order chi connectivity index (χ1) is 14.1. The third kappa shape index (κ3) is 6.49. The quantitative estimate of drug-likeness (QED) is 0.587. The number of nitrogens with one attached hydrogen (secondary N) is 2. The Kier molecular flexibility index (Phi) is 7.45. The number of phenolic OH excluding ortho intramolecular Hbond substituents is 1. The van der Waals surface area contributed by atoms with Gasteiger partial charge in [-0.15, -0.1) is 0 Å². The maximum absolute atomic E-state index is 12.6. The van der Waals surface area contributed by atoms with Crippen molar-refractivity contribution in [3.05, 3.63) is 77.4 Å². The van der Waals surface area contributed by atoms with E-state index in [4.69, 9.17) is 0 Å². The molecule has 0 spiro atoms. The average Bonchev–Trinajstić information content (AvgIpc) is 2.75. The summed E-state index contributed by atoms with van der Waals surface area (Å²) in [5.74, 6) is -0.256. The maximum atomic E-state index is 12.6. The molecule has 1 unspecified atom stereocenters. The Morgan fingerprint density at radius 1 is 1.00 bits per heavy atom. The van der Waals surface area contributed by atoms with E-state index < -0.39 is 6.04 Å². The summed E-state index contributed by atoms with van der Waals surface area (Å²) in [7, 11) is 0. The van der Waals surface area contributed by atoms with Gasteiger partial charge in [-0.2, -0.15) is 0 Å². The fraction of sp³-hybridized carbons (Fsp3) is 0.333. The number of hydrogen-bond donors (Lipinski definition) is 3. The number of allylic oxidation sites excluding steroid dienone is 1. The van der Waals surface area contributed by atoms with Crippen LogP contribution < -0.4 is 10.6 Å². The van der Waals surface area contributed by atoms with Gasteiger partial charge in [0.1, 0.15) is 5.75 Å². The highest BCUT2D eigenvalue weighted by molar-refractivity contribution is 5.95. The minimum atomic E-state index is -0.425. The molecule has 1 aliphatic rings. The first kappa shape index (κ1) is 20.6. The molecule has 1 atom stereocenters. The maximum Gasteiger partial charge on any atom is 0.251 e. The molecular weight excluding hydrogens is 364 g/mol. The van der Waals surface area contributed by atoms with E-state index in [2.05, 4.69) is 16.7 Å². The van der Waals surface area contributed by atoms with E-state index in [0.29, 0.717) is 12.1 Å². The van der Waals surface area contributed by atoms with Crippen LogP contribution in [0.15, 0.2) is 66.2 Å². The van der Waals surface area contributed by atoms with Crippen molar-refractivity contribution in [2.75, 3.05) is 6.54 Å².